The highest BCUT2D eigenvalue weighted by atomic mass is 16.5. The van der Waals surface area contributed by atoms with E-state index in [1.807, 2.05) is 18.2 Å². The molecule has 3 rings (SSSR count). The molecule has 0 saturated heterocycles. The van der Waals surface area contributed by atoms with Crippen LogP contribution in [0.25, 0.3) is 21.7 Å². The number of ether oxygens (including phenoxy) is 1. The van der Waals surface area contributed by atoms with Gasteiger partial charge in [0.15, 0.2) is 0 Å². The first kappa shape index (κ1) is 12.4. The van der Waals surface area contributed by atoms with Crippen molar-refractivity contribution in [3.63, 3.8) is 0 Å². The predicted molar refractivity (Wildman–Crippen MR) is 78.0 cm³/mol. The number of hydrogen-bond donors (Lipinski definition) is 1. The molecule has 20 heavy (non-hydrogen) atoms. The molecule has 0 radical (unpaired) electrons. The lowest BCUT2D eigenvalue weighted by atomic mass is 10.0. The Morgan fingerprint density at radius 2 is 1.85 bits per heavy atom. The van der Waals surface area contributed by atoms with Crippen LogP contribution in [-0.2, 0) is 4.74 Å². The number of aromatic nitrogens is 1. The molecule has 1 aromatic heterocycles. The summed E-state index contributed by atoms with van der Waals surface area (Å²) in [5.74, 6) is -0.357. The van der Waals surface area contributed by atoms with E-state index in [-0.39, 0.29) is 11.5 Å². The summed E-state index contributed by atoms with van der Waals surface area (Å²) in [5.41, 5.74) is 1.07. The third-order valence-electron chi connectivity index (χ3n) is 3.24. The normalized spacial score (nSPS) is 10.8. The Balaban J connectivity index is 2.33. The summed E-state index contributed by atoms with van der Waals surface area (Å²) in [5, 5.41) is 2.28. The maximum atomic E-state index is 12.0. The first-order valence-corrected chi connectivity index (χ1v) is 6.42. The number of carbonyl (C=O) groups is 1. The standard InChI is InChI=1S/C16H13NO3/c1-2-20-16(19)10-7-8-14-13(9-10)11-5-3-4-6-12(11)15(18)17-14/h3-9H,2H2,1H3,(H,17,18). The van der Waals surface area contributed by atoms with Gasteiger partial charge in [-0.1, -0.05) is 18.2 Å². The average Bonchev–Trinajstić information content (AvgIpc) is 2.47. The number of nitrogens with one attached hydrogen (secondary N) is 1. The number of fused-ring (bicyclic) bond motifs is 3. The minimum Gasteiger partial charge on any atom is -0.462 e. The van der Waals surface area contributed by atoms with Crippen LogP contribution >= 0.6 is 0 Å². The van der Waals surface area contributed by atoms with Crippen LogP contribution in [0.1, 0.15) is 17.3 Å². The molecule has 1 heterocycles. The largest absolute Gasteiger partial charge is 0.462 e. The Hall–Kier alpha value is -2.62. The maximum absolute atomic E-state index is 12.0. The second kappa shape index (κ2) is 4.81. The number of esters is 1. The van der Waals surface area contributed by atoms with Crippen molar-refractivity contribution in [1.82, 2.24) is 4.98 Å². The maximum Gasteiger partial charge on any atom is 0.338 e. The number of carbonyl (C=O) groups excluding carboxylic acids is 1. The number of rotatable bonds is 2. The van der Waals surface area contributed by atoms with E-state index in [0.29, 0.717) is 23.1 Å². The molecule has 100 valence electrons. The van der Waals surface area contributed by atoms with E-state index in [4.69, 9.17) is 4.74 Å². The van der Waals surface area contributed by atoms with E-state index in [0.717, 1.165) is 10.8 Å². The van der Waals surface area contributed by atoms with Gasteiger partial charge in [0, 0.05) is 16.3 Å². The molecule has 0 aliphatic carbocycles. The van der Waals surface area contributed by atoms with Gasteiger partial charge in [-0.25, -0.2) is 4.79 Å². The molecule has 0 fully saturated rings. The molecular weight excluding hydrogens is 254 g/mol. The zero-order valence-electron chi connectivity index (χ0n) is 11.0. The number of benzene rings is 2. The monoisotopic (exact) mass is 267 g/mol. The lowest BCUT2D eigenvalue weighted by Gasteiger charge is -2.06. The van der Waals surface area contributed by atoms with Gasteiger partial charge < -0.3 is 9.72 Å². The molecule has 0 atom stereocenters. The third-order valence-corrected chi connectivity index (χ3v) is 3.24. The topological polar surface area (TPSA) is 59.2 Å². The van der Waals surface area contributed by atoms with Gasteiger partial charge in [-0.2, -0.15) is 0 Å². The molecule has 0 bridgehead atoms. The van der Waals surface area contributed by atoms with Crippen molar-refractivity contribution < 1.29 is 9.53 Å². The molecule has 1 N–H and O–H groups in total. The molecule has 0 amide bonds. The summed E-state index contributed by atoms with van der Waals surface area (Å²) in [4.78, 5) is 26.6. The smallest absolute Gasteiger partial charge is 0.338 e. The minimum atomic E-state index is -0.357. The molecule has 0 aliphatic heterocycles. The van der Waals surface area contributed by atoms with Crippen LogP contribution in [0.3, 0.4) is 0 Å². The molecular formula is C16H13NO3. The molecule has 3 aromatic rings. The molecule has 0 saturated carbocycles. The minimum absolute atomic E-state index is 0.128. The lowest BCUT2D eigenvalue weighted by Crippen LogP contribution is -2.08. The Kier molecular flexibility index (Phi) is 2.99. The highest BCUT2D eigenvalue weighted by Crippen LogP contribution is 2.22. The average molecular weight is 267 g/mol. The van der Waals surface area contributed by atoms with E-state index >= 15 is 0 Å². The summed E-state index contributed by atoms with van der Waals surface area (Å²) >= 11 is 0. The van der Waals surface area contributed by atoms with Crippen molar-refractivity contribution in [2.45, 2.75) is 6.92 Å². The fraction of sp³-hybridized carbons (Fsp3) is 0.125. The van der Waals surface area contributed by atoms with Gasteiger partial charge >= 0.3 is 5.97 Å². The fourth-order valence-electron chi connectivity index (χ4n) is 2.32. The van der Waals surface area contributed by atoms with Crippen molar-refractivity contribution >= 4 is 27.6 Å². The van der Waals surface area contributed by atoms with Crippen LogP contribution in [0.15, 0.2) is 47.3 Å². The van der Waals surface area contributed by atoms with Crippen LogP contribution in [0.2, 0.25) is 0 Å². The van der Waals surface area contributed by atoms with Crippen LogP contribution in [0.5, 0.6) is 0 Å². The van der Waals surface area contributed by atoms with E-state index in [1.165, 1.54) is 0 Å². The van der Waals surface area contributed by atoms with Crippen molar-refractivity contribution in [2.24, 2.45) is 0 Å². The summed E-state index contributed by atoms with van der Waals surface area (Å²) in [7, 11) is 0. The van der Waals surface area contributed by atoms with Gasteiger partial charge in [0.1, 0.15) is 0 Å². The number of aromatic amines is 1. The van der Waals surface area contributed by atoms with Crippen LogP contribution in [-0.4, -0.2) is 17.6 Å². The molecule has 4 nitrogen and oxygen atoms in total. The molecule has 0 unspecified atom stereocenters. The first-order chi connectivity index (χ1) is 9.70. The van der Waals surface area contributed by atoms with E-state index in [9.17, 15) is 9.59 Å². The molecule has 0 spiro atoms. The van der Waals surface area contributed by atoms with Gasteiger partial charge in [-0.15, -0.1) is 0 Å². The zero-order valence-corrected chi connectivity index (χ0v) is 11.0. The Labute approximate surface area is 115 Å². The van der Waals surface area contributed by atoms with Gasteiger partial charge in [0.25, 0.3) is 5.56 Å². The number of H-pyrrole nitrogens is 1. The van der Waals surface area contributed by atoms with Crippen molar-refractivity contribution in [3.8, 4) is 0 Å². The highest BCUT2D eigenvalue weighted by molar-refractivity contribution is 6.07. The predicted octanol–water partition coefficient (Wildman–Crippen LogP) is 2.86. The first-order valence-electron chi connectivity index (χ1n) is 6.42. The van der Waals surface area contributed by atoms with Crippen molar-refractivity contribution in [1.29, 1.82) is 0 Å². The molecule has 4 heteroatoms. The zero-order chi connectivity index (χ0) is 14.1. The Bertz CT molecular complexity index is 864. The van der Waals surface area contributed by atoms with E-state index < -0.39 is 0 Å². The summed E-state index contributed by atoms with van der Waals surface area (Å²) in [6, 6.07) is 12.5. The fourth-order valence-corrected chi connectivity index (χ4v) is 2.32. The second-order valence-corrected chi connectivity index (χ2v) is 4.48. The summed E-state index contributed by atoms with van der Waals surface area (Å²) in [6.07, 6.45) is 0. The quantitative estimate of drug-likeness (QED) is 0.573. The van der Waals surface area contributed by atoms with Crippen molar-refractivity contribution in [2.75, 3.05) is 6.61 Å². The van der Waals surface area contributed by atoms with Gasteiger partial charge in [-0.05, 0) is 36.6 Å². The Morgan fingerprint density at radius 3 is 2.60 bits per heavy atom. The van der Waals surface area contributed by atoms with Crippen molar-refractivity contribution in [3.05, 3.63) is 58.4 Å². The van der Waals surface area contributed by atoms with E-state index in [2.05, 4.69) is 4.98 Å². The molecule has 2 aromatic carbocycles. The number of pyridine rings is 1. The van der Waals surface area contributed by atoms with E-state index in [1.54, 1.807) is 31.2 Å². The van der Waals surface area contributed by atoms with Gasteiger partial charge in [-0.3, -0.25) is 4.79 Å². The highest BCUT2D eigenvalue weighted by Gasteiger charge is 2.10. The third kappa shape index (κ3) is 1.95. The van der Waals surface area contributed by atoms with Crippen LogP contribution in [0, 0.1) is 0 Å². The second-order valence-electron chi connectivity index (χ2n) is 4.48. The lowest BCUT2D eigenvalue weighted by molar-refractivity contribution is 0.0526. The van der Waals surface area contributed by atoms with Gasteiger partial charge in [0.2, 0.25) is 0 Å². The summed E-state index contributed by atoms with van der Waals surface area (Å²) < 4.78 is 5.00. The number of hydrogen-bond acceptors (Lipinski definition) is 3. The van der Waals surface area contributed by atoms with Crippen LogP contribution in [0.4, 0.5) is 0 Å². The van der Waals surface area contributed by atoms with Crippen LogP contribution < -0.4 is 5.56 Å². The summed E-state index contributed by atoms with van der Waals surface area (Å²) in [6.45, 7) is 2.11. The SMILES string of the molecule is CCOC(=O)c1ccc2[nH]c(=O)c3ccccc3c2c1. The van der Waals surface area contributed by atoms with Gasteiger partial charge in [0.05, 0.1) is 12.2 Å². The molecule has 0 aliphatic rings. The Morgan fingerprint density at radius 1 is 1.10 bits per heavy atom.